The summed E-state index contributed by atoms with van der Waals surface area (Å²) in [6.45, 7) is 2.22. The van der Waals surface area contributed by atoms with E-state index in [4.69, 9.17) is 9.47 Å². The van der Waals surface area contributed by atoms with Gasteiger partial charge in [0.25, 0.3) is 5.91 Å². The number of amides is 3. The average Bonchev–Trinajstić information content (AvgIpc) is 3.23. The lowest BCUT2D eigenvalue weighted by atomic mass is 10.2. The van der Waals surface area contributed by atoms with E-state index in [0.717, 1.165) is 4.47 Å². The minimum absolute atomic E-state index is 0.134. The molecule has 0 unspecified atom stereocenters. The molecule has 0 aliphatic carbocycles. The fraction of sp³-hybridized carbons (Fsp3) is 0.115. The molecule has 9 nitrogen and oxygen atoms in total. The van der Waals surface area contributed by atoms with Gasteiger partial charge in [-0.3, -0.25) is 19.8 Å². The van der Waals surface area contributed by atoms with Crippen LogP contribution in [-0.2, 0) is 9.59 Å². The third-order valence-electron chi connectivity index (χ3n) is 5.20. The molecule has 0 spiro atoms. The summed E-state index contributed by atoms with van der Waals surface area (Å²) in [6.07, 6.45) is 0. The van der Waals surface area contributed by atoms with E-state index in [1.54, 1.807) is 79.9 Å². The second-order valence-corrected chi connectivity index (χ2v) is 8.49. The van der Waals surface area contributed by atoms with Crippen LogP contribution in [0.15, 0.2) is 77.3 Å². The number of ether oxygens (including phenoxy) is 2. The first-order valence-electron chi connectivity index (χ1n) is 11.0. The van der Waals surface area contributed by atoms with Gasteiger partial charge in [-0.2, -0.15) is 0 Å². The van der Waals surface area contributed by atoms with Crippen LogP contribution in [0.5, 0.6) is 11.5 Å². The highest BCUT2D eigenvalue weighted by Gasteiger charge is 2.22. The van der Waals surface area contributed by atoms with Crippen LogP contribution in [0.4, 0.5) is 11.4 Å². The quantitative estimate of drug-likeness (QED) is 0.287. The Labute approximate surface area is 215 Å². The monoisotopic (exact) mass is 550 g/mol. The van der Waals surface area contributed by atoms with Crippen molar-refractivity contribution in [1.29, 1.82) is 0 Å². The number of rotatable bonds is 7. The smallest absolute Gasteiger partial charge is 0.328 e. The van der Waals surface area contributed by atoms with Gasteiger partial charge in [-0.25, -0.2) is 4.68 Å². The molecule has 0 saturated carbocycles. The number of fused-ring (bicyclic) bond motifs is 1. The highest BCUT2D eigenvalue weighted by molar-refractivity contribution is 9.10. The number of aromatic nitrogens is 1. The van der Waals surface area contributed by atoms with Crippen LogP contribution in [0.1, 0.15) is 17.4 Å². The van der Waals surface area contributed by atoms with Crippen LogP contribution >= 0.6 is 15.9 Å². The lowest BCUT2D eigenvalue weighted by molar-refractivity contribution is -0.133. The van der Waals surface area contributed by atoms with E-state index in [2.05, 4.69) is 32.0 Å². The zero-order valence-electron chi connectivity index (χ0n) is 19.5. The maximum Gasteiger partial charge on any atom is 0.328 e. The molecule has 3 amide bonds. The molecule has 1 aromatic heterocycles. The Morgan fingerprint density at radius 3 is 2.39 bits per heavy atom. The van der Waals surface area contributed by atoms with Gasteiger partial charge in [-0.15, -0.1) is 0 Å². The minimum atomic E-state index is -0.958. The molecule has 0 bridgehead atoms. The number of halogens is 1. The number of hydrogen-bond acceptors (Lipinski definition) is 5. The zero-order chi connectivity index (χ0) is 25.7. The van der Waals surface area contributed by atoms with Crippen molar-refractivity contribution in [2.45, 2.75) is 6.92 Å². The van der Waals surface area contributed by atoms with E-state index in [1.807, 2.05) is 6.92 Å². The third kappa shape index (κ3) is 5.49. The molecular formula is C26H23BrN4O5. The van der Waals surface area contributed by atoms with E-state index in [1.165, 1.54) is 4.68 Å². The van der Waals surface area contributed by atoms with Crippen LogP contribution < -0.4 is 25.5 Å². The first kappa shape index (κ1) is 24.8. The summed E-state index contributed by atoms with van der Waals surface area (Å²) < 4.78 is 12.7. The maximum absolute atomic E-state index is 13.2. The Morgan fingerprint density at radius 2 is 1.67 bits per heavy atom. The molecule has 3 N–H and O–H groups in total. The van der Waals surface area contributed by atoms with Gasteiger partial charge >= 0.3 is 11.8 Å². The zero-order valence-corrected chi connectivity index (χ0v) is 21.1. The predicted molar refractivity (Wildman–Crippen MR) is 141 cm³/mol. The molecule has 4 aromatic rings. The van der Waals surface area contributed by atoms with Crippen LogP contribution in [-0.4, -0.2) is 36.1 Å². The van der Waals surface area contributed by atoms with Crippen molar-refractivity contribution in [2.24, 2.45) is 0 Å². The first-order chi connectivity index (χ1) is 17.4. The summed E-state index contributed by atoms with van der Waals surface area (Å²) in [5.41, 5.74) is 4.11. The summed E-state index contributed by atoms with van der Waals surface area (Å²) >= 11 is 3.42. The van der Waals surface area contributed by atoms with E-state index in [0.29, 0.717) is 40.4 Å². The molecular weight excluding hydrogens is 528 g/mol. The molecule has 184 valence electrons. The van der Waals surface area contributed by atoms with E-state index in [-0.39, 0.29) is 5.69 Å². The highest BCUT2D eigenvalue weighted by atomic mass is 79.9. The number of hydrogen-bond donors (Lipinski definition) is 3. The van der Waals surface area contributed by atoms with Crippen molar-refractivity contribution >= 4 is 55.9 Å². The number of nitrogens with zero attached hydrogens (tertiary/aromatic N) is 1. The largest absolute Gasteiger partial charge is 0.497 e. The first-order valence-corrected chi connectivity index (χ1v) is 11.8. The van der Waals surface area contributed by atoms with Gasteiger partial charge in [0.15, 0.2) is 0 Å². The molecule has 0 aliphatic rings. The van der Waals surface area contributed by atoms with Crippen LogP contribution in [0.3, 0.4) is 0 Å². The molecule has 0 fully saturated rings. The fourth-order valence-corrected chi connectivity index (χ4v) is 3.90. The van der Waals surface area contributed by atoms with E-state index >= 15 is 0 Å². The fourth-order valence-electron chi connectivity index (χ4n) is 3.53. The van der Waals surface area contributed by atoms with Crippen molar-refractivity contribution in [3.05, 3.63) is 83.0 Å². The lowest BCUT2D eigenvalue weighted by Gasteiger charge is -2.14. The number of nitrogens with one attached hydrogen (secondary N) is 3. The molecule has 1 heterocycles. The summed E-state index contributed by atoms with van der Waals surface area (Å²) in [5, 5.41) is 6.04. The molecule has 0 aliphatic heterocycles. The lowest BCUT2D eigenvalue weighted by Crippen LogP contribution is -2.36. The third-order valence-corrected chi connectivity index (χ3v) is 5.69. The second-order valence-electron chi connectivity index (χ2n) is 7.57. The number of benzene rings is 3. The van der Waals surface area contributed by atoms with E-state index in [9.17, 15) is 14.4 Å². The van der Waals surface area contributed by atoms with Crippen molar-refractivity contribution in [3.63, 3.8) is 0 Å². The summed E-state index contributed by atoms with van der Waals surface area (Å²) in [6, 6.07) is 20.6. The van der Waals surface area contributed by atoms with Gasteiger partial charge in [0.05, 0.1) is 24.9 Å². The molecule has 3 aromatic carbocycles. The maximum atomic E-state index is 13.2. The minimum Gasteiger partial charge on any atom is -0.497 e. The standard InChI is InChI=1S/C26H23BrN4O5/c1-3-36-23-7-5-4-6-20(23)29-25(33)26(34)30-31-21-13-8-17(27)14-16(21)15-22(31)24(32)28-18-9-11-19(35-2)12-10-18/h4-15H,3H2,1-2H3,(H,28,32)(H,29,33)(H,30,34). The number of methoxy groups -OCH3 is 1. The van der Waals surface area contributed by atoms with Crippen molar-refractivity contribution in [1.82, 2.24) is 4.68 Å². The molecule has 10 heteroatoms. The highest BCUT2D eigenvalue weighted by Crippen LogP contribution is 2.25. The van der Waals surface area contributed by atoms with Crippen LogP contribution in [0.25, 0.3) is 10.9 Å². The second kappa shape index (κ2) is 11.0. The normalized spacial score (nSPS) is 10.5. The van der Waals surface area contributed by atoms with Gasteiger partial charge < -0.3 is 20.1 Å². The van der Waals surface area contributed by atoms with Crippen LogP contribution in [0, 0.1) is 0 Å². The summed E-state index contributed by atoms with van der Waals surface area (Å²) in [5.74, 6) is -1.26. The van der Waals surface area contributed by atoms with Gasteiger partial charge in [0, 0.05) is 15.5 Å². The number of anilines is 2. The van der Waals surface area contributed by atoms with E-state index < -0.39 is 17.7 Å². The van der Waals surface area contributed by atoms with Gasteiger partial charge in [-0.1, -0.05) is 28.1 Å². The Balaban J connectivity index is 1.60. The number of carbonyl (C=O) groups excluding carboxylic acids is 3. The van der Waals surface area contributed by atoms with Crippen molar-refractivity contribution < 1.29 is 23.9 Å². The number of carbonyl (C=O) groups is 3. The van der Waals surface area contributed by atoms with Gasteiger partial charge in [-0.05, 0) is 67.6 Å². The molecule has 0 saturated heterocycles. The molecule has 4 rings (SSSR count). The molecule has 36 heavy (non-hydrogen) atoms. The Morgan fingerprint density at radius 1 is 0.917 bits per heavy atom. The molecule has 0 atom stereocenters. The topological polar surface area (TPSA) is 111 Å². The van der Waals surface area contributed by atoms with Crippen molar-refractivity contribution in [2.75, 3.05) is 29.8 Å². The Kier molecular flexibility index (Phi) is 7.55. The number of para-hydroxylation sites is 2. The predicted octanol–water partition coefficient (Wildman–Crippen LogP) is 4.77. The van der Waals surface area contributed by atoms with Gasteiger partial charge in [0.2, 0.25) is 0 Å². The summed E-state index contributed by atoms with van der Waals surface area (Å²) in [4.78, 5) is 38.7. The van der Waals surface area contributed by atoms with Crippen molar-refractivity contribution in [3.8, 4) is 11.5 Å². The SMILES string of the molecule is CCOc1ccccc1NC(=O)C(=O)Nn1c(C(=O)Nc2ccc(OC)cc2)cc2cc(Br)ccc21. The average molecular weight is 551 g/mol. The molecule has 0 radical (unpaired) electrons. The Bertz CT molecular complexity index is 1430. The summed E-state index contributed by atoms with van der Waals surface area (Å²) in [7, 11) is 1.55. The van der Waals surface area contributed by atoms with Gasteiger partial charge in [0.1, 0.15) is 17.2 Å². The Hall–Kier alpha value is -4.31. The van der Waals surface area contributed by atoms with Crippen LogP contribution in [0.2, 0.25) is 0 Å².